The lowest BCUT2D eigenvalue weighted by Crippen LogP contribution is -2.23. The van der Waals surface area contributed by atoms with Crippen LogP contribution in [0.15, 0.2) is 18.2 Å². The summed E-state index contributed by atoms with van der Waals surface area (Å²) in [6, 6.07) is 3.32. The second-order valence-corrected chi connectivity index (χ2v) is 6.03. The van der Waals surface area contributed by atoms with Crippen molar-refractivity contribution in [1.82, 2.24) is 9.78 Å². The summed E-state index contributed by atoms with van der Waals surface area (Å²) >= 11 is 6.16. The van der Waals surface area contributed by atoms with E-state index >= 15 is 0 Å². The molecule has 1 aromatic carbocycles. The Labute approximate surface area is 130 Å². The predicted octanol–water partition coefficient (Wildman–Crippen LogP) is 3.82. The van der Waals surface area contributed by atoms with Crippen LogP contribution in [0.2, 0.25) is 5.15 Å². The molecule has 0 aliphatic rings. The molecule has 0 aliphatic carbocycles. The molecule has 0 amide bonds. The van der Waals surface area contributed by atoms with E-state index in [2.05, 4.69) is 5.10 Å². The molecule has 0 aliphatic heterocycles. The van der Waals surface area contributed by atoms with E-state index in [1.165, 1.54) is 10.7 Å². The molecule has 0 atom stereocenters. The van der Waals surface area contributed by atoms with E-state index in [0.29, 0.717) is 6.29 Å². The standard InChI is InChI=1S/C14H13ClFN3O3/c1-14(2,3)18-13(15)9(7-20)12(17-18)8-4-5-10(16)11(6-8)19(21)22/h4-7H,1-3H3. The normalized spacial score (nSPS) is 11.5. The third kappa shape index (κ3) is 2.71. The van der Waals surface area contributed by atoms with Gasteiger partial charge in [-0.2, -0.15) is 9.49 Å². The van der Waals surface area contributed by atoms with Gasteiger partial charge in [-0.05, 0) is 32.9 Å². The summed E-state index contributed by atoms with van der Waals surface area (Å²) in [5.41, 5.74) is -0.634. The molecule has 0 fully saturated rings. The smallest absolute Gasteiger partial charge is 0.298 e. The number of benzene rings is 1. The number of carbonyl (C=O) groups excluding carboxylic acids is 1. The Bertz CT molecular complexity index is 765. The van der Waals surface area contributed by atoms with Crippen LogP contribution >= 0.6 is 11.6 Å². The first-order valence-corrected chi connectivity index (χ1v) is 6.73. The van der Waals surface area contributed by atoms with Crippen molar-refractivity contribution in [2.24, 2.45) is 0 Å². The Balaban J connectivity index is 2.70. The maximum absolute atomic E-state index is 13.4. The molecule has 0 radical (unpaired) electrons. The zero-order valence-corrected chi connectivity index (χ0v) is 12.9. The lowest BCUT2D eigenvalue weighted by atomic mass is 10.1. The molecule has 2 rings (SSSR count). The van der Waals surface area contributed by atoms with Gasteiger partial charge in [0.1, 0.15) is 10.8 Å². The molecule has 0 saturated heterocycles. The third-order valence-electron chi connectivity index (χ3n) is 3.03. The highest BCUT2D eigenvalue weighted by Gasteiger charge is 2.26. The summed E-state index contributed by atoms with van der Waals surface area (Å²) in [4.78, 5) is 21.3. The number of hydrogen-bond acceptors (Lipinski definition) is 4. The summed E-state index contributed by atoms with van der Waals surface area (Å²) in [6.45, 7) is 5.53. The van der Waals surface area contributed by atoms with E-state index in [9.17, 15) is 19.3 Å². The van der Waals surface area contributed by atoms with Crippen LogP contribution in [0.4, 0.5) is 10.1 Å². The summed E-state index contributed by atoms with van der Waals surface area (Å²) in [6.07, 6.45) is 0.530. The fraction of sp³-hybridized carbons (Fsp3) is 0.286. The van der Waals surface area contributed by atoms with Crippen molar-refractivity contribution >= 4 is 23.6 Å². The van der Waals surface area contributed by atoms with Crippen LogP contribution < -0.4 is 0 Å². The molecule has 0 saturated carbocycles. The molecule has 0 unspecified atom stereocenters. The average Bonchev–Trinajstić information content (AvgIpc) is 2.75. The van der Waals surface area contributed by atoms with Crippen LogP contribution in [0.3, 0.4) is 0 Å². The number of halogens is 2. The molecular weight excluding hydrogens is 313 g/mol. The van der Waals surface area contributed by atoms with Gasteiger partial charge < -0.3 is 0 Å². The Morgan fingerprint density at radius 3 is 2.55 bits per heavy atom. The maximum Gasteiger partial charge on any atom is 0.305 e. The quantitative estimate of drug-likeness (QED) is 0.488. The zero-order valence-electron chi connectivity index (χ0n) is 12.1. The van der Waals surface area contributed by atoms with Crippen molar-refractivity contribution in [3.63, 3.8) is 0 Å². The van der Waals surface area contributed by atoms with Crippen molar-refractivity contribution in [3.8, 4) is 11.3 Å². The third-order valence-corrected chi connectivity index (χ3v) is 3.40. The van der Waals surface area contributed by atoms with Gasteiger partial charge in [-0.15, -0.1) is 0 Å². The molecule has 116 valence electrons. The van der Waals surface area contributed by atoms with Crippen LogP contribution in [-0.4, -0.2) is 21.0 Å². The fourth-order valence-electron chi connectivity index (χ4n) is 1.97. The molecule has 2 aromatic rings. The second-order valence-electron chi connectivity index (χ2n) is 5.68. The average molecular weight is 326 g/mol. The van der Waals surface area contributed by atoms with Crippen molar-refractivity contribution < 1.29 is 14.1 Å². The predicted molar refractivity (Wildman–Crippen MR) is 79.7 cm³/mol. The Morgan fingerprint density at radius 1 is 1.41 bits per heavy atom. The van der Waals surface area contributed by atoms with E-state index < -0.39 is 22.0 Å². The maximum atomic E-state index is 13.4. The lowest BCUT2D eigenvalue weighted by molar-refractivity contribution is -0.387. The van der Waals surface area contributed by atoms with E-state index in [1.54, 1.807) is 0 Å². The minimum absolute atomic E-state index is 0.109. The van der Waals surface area contributed by atoms with Gasteiger partial charge in [-0.25, -0.2) is 4.68 Å². The van der Waals surface area contributed by atoms with E-state index in [1.807, 2.05) is 20.8 Å². The van der Waals surface area contributed by atoms with Gasteiger partial charge in [-0.3, -0.25) is 14.9 Å². The number of rotatable bonds is 3. The number of nitro benzene ring substituents is 1. The van der Waals surface area contributed by atoms with Gasteiger partial charge in [0.2, 0.25) is 5.82 Å². The lowest BCUT2D eigenvalue weighted by Gasteiger charge is -2.20. The van der Waals surface area contributed by atoms with Gasteiger partial charge >= 0.3 is 5.69 Å². The minimum atomic E-state index is -0.956. The molecule has 1 aromatic heterocycles. The van der Waals surface area contributed by atoms with Gasteiger partial charge in [0.15, 0.2) is 6.29 Å². The van der Waals surface area contributed by atoms with Crippen LogP contribution in [0.25, 0.3) is 11.3 Å². The number of nitrogens with zero attached hydrogens (tertiary/aromatic N) is 3. The molecule has 22 heavy (non-hydrogen) atoms. The Kier molecular flexibility index (Phi) is 4.02. The number of nitro groups is 1. The molecule has 0 bridgehead atoms. The topological polar surface area (TPSA) is 78.0 Å². The summed E-state index contributed by atoms with van der Waals surface area (Å²) in [7, 11) is 0. The first-order chi connectivity index (χ1) is 10.2. The van der Waals surface area contributed by atoms with E-state index in [-0.39, 0.29) is 22.0 Å². The number of carbonyl (C=O) groups is 1. The Morgan fingerprint density at radius 2 is 2.05 bits per heavy atom. The zero-order chi connectivity index (χ0) is 16.7. The summed E-state index contributed by atoms with van der Waals surface area (Å²) < 4.78 is 14.9. The SMILES string of the molecule is CC(C)(C)n1nc(-c2ccc(F)c([N+](=O)[O-])c2)c(C=O)c1Cl. The van der Waals surface area contributed by atoms with Crippen LogP contribution in [0.5, 0.6) is 0 Å². The van der Waals surface area contributed by atoms with E-state index in [4.69, 9.17) is 11.6 Å². The number of aldehydes is 1. The first kappa shape index (κ1) is 16.1. The summed E-state index contributed by atoms with van der Waals surface area (Å²) in [5, 5.41) is 15.2. The number of aromatic nitrogens is 2. The van der Waals surface area contributed by atoms with Gasteiger partial charge in [0, 0.05) is 11.6 Å². The van der Waals surface area contributed by atoms with Crippen molar-refractivity contribution in [2.45, 2.75) is 26.3 Å². The second kappa shape index (κ2) is 5.49. The molecule has 0 spiro atoms. The molecule has 0 N–H and O–H groups in total. The molecular formula is C14H13ClFN3O3. The Hall–Kier alpha value is -2.28. The molecule has 6 nitrogen and oxygen atoms in total. The van der Waals surface area contributed by atoms with Gasteiger partial charge in [0.25, 0.3) is 0 Å². The van der Waals surface area contributed by atoms with Crippen molar-refractivity contribution in [3.05, 3.63) is 44.8 Å². The van der Waals surface area contributed by atoms with Crippen LogP contribution in [0.1, 0.15) is 31.1 Å². The molecule has 8 heteroatoms. The first-order valence-electron chi connectivity index (χ1n) is 6.35. The highest BCUT2D eigenvalue weighted by atomic mass is 35.5. The minimum Gasteiger partial charge on any atom is -0.298 e. The van der Waals surface area contributed by atoms with Gasteiger partial charge in [0.05, 0.1) is 16.0 Å². The monoisotopic (exact) mass is 325 g/mol. The summed E-state index contributed by atoms with van der Waals surface area (Å²) in [5.74, 6) is -0.956. The van der Waals surface area contributed by atoms with Crippen molar-refractivity contribution in [2.75, 3.05) is 0 Å². The van der Waals surface area contributed by atoms with Crippen LogP contribution in [-0.2, 0) is 5.54 Å². The van der Waals surface area contributed by atoms with Crippen LogP contribution in [0, 0.1) is 15.9 Å². The highest BCUT2D eigenvalue weighted by molar-refractivity contribution is 6.32. The number of hydrogen-bond donors (Lipinski definition) is 0. The van der Waals surface area contributed by atoms with Crippen molar-refractivity contribution in [1.29, 1.82) is 0 Å². The van der Waals surface area contributed by atoms with Gasteiger partial charge in [-0.1, -0.05) is 11.6 Å². The highest BCUT2D eigenvalue weighted by Crippen LogP contribution is 2.33. The molecule has 1 heterocycles. The largest absolute Gasteiger partial charge is 0.305 e. The fourth-order valence-corrected chi connectivity index (χ4v) is 2.40. The van der Waals surface area contributed by atoms with E-state index in [0.717, 1.165) is 12.1 Å².